The van der Waals surface area contributed by atoms with Crippen LogP contribution in [-0.2, 0) is 24.0 Å². The molecule has 224 valence electrons. The van der Waals surface area contributed by atoms with Crippen molar-refractivity contribution in [2.24, 2.45) is 0 Å². The van der Waals surface area contributed by atoms with Crippen molar-refractivity contribution in [3.8, 4) is 5.75 Å². The fraction of sp³-hybridized carbons (Fsp3) is 0.556. The van der Waals surface area contributed by atoms with E-state index in [1.165, 1.54) is 23.9 Å². The van der Waals surface area contributed by atoms with Crippen LogP contribution in [0.15, 0.2) is 24.3 Å². The highest BCUT2D eigenvalue weighted by atomic mass is 16.5. The summed E-state index contributed by atoms with van der Waals surface area (Å²) in [6.07, 6.45) is -0.341. The molecule has 0 aliphatic carbocycles. The number of benzene rings is 1. The van der Waals surface area contributed by atoms with Crippen LogP contribution in [0.4, 0.5) is 0 Å². The minimum absolute atomic E-state index is 0.110. The Balaban J connectivity index is 1.88. The number of nitrogens with zero attached hydrogens (tertiary/aromatic N) is 4. The molecule has 2 bridgehead atoms. The maximum atomic E-state index is 13.4. The first-order valence-corrected chi connectivity index (χ1v) is 13.3. The van der Waals surface area contributed by atoms with Gasteiger partial charge in [-0.15, -0.1) is 0 Å². The molecular formula is C27H38N6O8. The zero-order valence-corrected chi connectivity index (χ0v) is 23.8. The number of carboxylic acids is 1. The van der Waals surface area contributed by atoms with Crippen molar-refractivity contribution in [2.75, 3.05) is 61.0 Å². The highest BCUT2D eigenvalue weighted by molar-refractivity contribution is 5.96. The van der Waals surface area contributed by atoms with Crippen molar-refractivity contribution in [1.82, 2.24) is 30.2 Å². The summed E-state index contributed by atoms with van der Waals surface area (Å²) in [7, 11) is 6.45. The molecule has 0 aromatic heterocycles. The van der Waals surface area contributed by atoms with Gasteiger partial charge in [-0.1, -0.05) is 6.07 Å². The molecule has 2 aliphatic rings. The summed E-state index contributed by atoms with van der Waals surface area (Å²) < 4.78 is 5.98. The van der Waals surface area contributed by atoms with Crippen LogP contribution in [0.25, 0.3) is 0 Å². The lowest BCUT2D eigenvalue weighted by molar-refractivity contribution is -0.142. The zero-order valence-electron chi connectivity index (χ0n) is 23.8. The molecule has 1 aromatic rings. The molecule has 41 heavy (non-hydrogen) atoms. The molecule has 0 radical (unpaired) electrons. The van der Waals surface area contributed by atoms with Crippen LogP contribution in [0.3, 0.4) is 0 Å². The lowest BCUT2D eigenvalue weighted by Gasteiger charge is -2.30. The van der Waals surface area contributed by atoms with E-state index >= 15 is 0 Å². The summed E-state index contributed by atoms with van der Waals surface area (Å²) in [6, 6.07) is 4.55. The molecular weight excluding hydrogens is 536 g/mol. The maximum absolute atomic E-state index is 13.4. The Hall–Kier alpha value is -4.20. The Morgan fingerprint density at radius 3 is 2.44 bits per heavy atom. The van der Waals surface area contributed by atoms with E-state index in [0.29, 0.717) is 17.7 Å². The summed E-state index contributed by atoms with van der Waals surface area (Å²) in [6.45, 7) is -0.00537. The number of rotatable bonds is 7. The predicted octanol–water partition coefficient (Wildman–Crippen LogP) is -1.39. The van der Waals surface area contributed by atoms with Crippen LogP contribution in [0.2, 0.25) is 0 Å². The van der Waals surface area contributed by atoms with Crippen molar-refractivity contribution in [1.29, 1.82) is 0 Å². The fourth-order valence-electron chi connectivity index (χ4n) is 4.84. The quantitative estimate of drug-likeness (QED) is 0.355. The van der Waals surface area contributed by atoms with Crippen LogP contribution in [0.1, 0.15) is 29.6 Å². The van der Waals surface area contributed by atoms with Crippen LogP contribution in [0.5, 0.6) is 5.75 Å². The number of likely N-dealkylation sites (N-methyl/N-ethyl adjacent to an activating group) is 3. The minimum Gasteiger partial charge on any atom is -0.491 e. The number of hydrogen-bond acceptors (Lipinski definition) is 8. The molecule has 0 saturated carbocycles. The predicted molar refractivity (Wildman–Crippen MR) is 146 cm³/mol. The van der Waals surface area contributed by atoms with Gasteiger partial charge in [-0.2, -0.15) is 0 Å². The smallest absolute Gasteiger partial charge is 0.303 e. The maximum Gasteiger partial charge on any atom is 0.303 e. The van der Waals surface area contributed by atoms with E-state index < -0.39 is 42.2 Å². The number of nitrogens with one attached hydrogen (secondary N) is 2. The van der Waals surface area contributed by atoms with E-state index in [0.717, 1.165) is 0 Å². The molecule has 2 aliphatic heterocycles. The monoisotopic (exact) mass is 574 g/mol. The van der Waals surface area contributed by atoms with Gasteiger partial charge < -0.3 is 40.1 Å². The van der Waals surface area contributed by atoms with Crippen molar-refractivity contribution in [3.05, 3.63) is 29.8 Å². The summed E-state index contributed by atoms with van der Waals surface area (Å²) in [5.74, 6) is -3.01. The second-order valence-corrected chi connectivity index (χ2v) is 10.7. The van der Waals surface area contributed by atoms with E-state index in [1.54, 1.807) is 48.2 Å². The van der Waals surface area contributed by atoms with E-state index in [4.69, 9.17) is 9.84 Å². The average Bonchev–Trinajstić information content (AvgIpc) is 3.30. The van der Waals surface area contributed by atoms with Gasteiger partial charge in [0.2, 0.25) is 23.6 Å². The first kappa shape index (κ1) is 31.3. The van der Waals surface area contributed by atoms with E-state index in [-0.39, 0.29) is 57.1 Å². The number of aliphatic carboxylic acids is 1. The van der Waals surface area contributed by atoms with Gasteiger partial charge in [0.25, 0.3) is 5.91 Å². The van der Waals surface area contributed by atoms with E-state index in [2.05, 4.69) is 10.6 Å². The normalized spacial score (nSPS) is 22.0. The molecule has 14 nitrogen and oxygen atoms in total. The Kier molecular flexibility index (Phi) is 10.6. The average molecular weight is 575 g/mol. The molecule has 14 heteroatoms. The number of hydrogen-bond donors (Lipinski definition) is 3. The van der Waals surface area contributed by atoms with Gasteiger partial charge in [0.05, 0.1) is 25.6 Å². The Labute approximate surface area is 238 Å². The molecule has 1 aromatic carbocycles. The standard InChI is InChI=1S/C27H38N6O8/c1-30(2)14-23(35)28-18-11-19-16-41-20-7-5-6-17(10-20)26(39)31(3)13-21(29-22(34)8-9-25(37)38)27(40)32(4)15-24(36)33(19)12-18/h5-7,10,18-19,21H,8-9,11-16H2,1-4H3,(H,28,35)(H,29,34)(H,37,38)/t18-,19+,21+/m1/s1. The third-order valence-electron chi connectivity index (χ3n) is 6.83. The van der Waals surface area contributed by atoms with Crippen molar-refractivity contribution >= 4 is 35.5 Å². The van der Waals surface area contributed by atoms with Gasteiger partial charge >= 0.3 is 5.97 Å². The SMILES string of the molecule is CN(C)CC(=O)N[C@@H]1C[C@H]2COc3cccc(c3)C(=O)N(C)C[C@H](NC(=O)CCC(=O)O)C(=O)N(C)CC(=O)N2C1. The number of ether oxygens (including phenoxy) is 1. The fourth-order valence-corrected chi connectivity index (χ4v) is 4.84. The number of fused-ring (bicyclic) bond motifs is 3. The lowest BCUT2D eigenvalue weighted by atomic mass is 10.1. The number of carbonyl (C=O) groups excluding carboxylic acids is 5. The van der Waals surface area contributed by atoms with Crippen LogP contribution in [0, 0.1) is 0 Å². The molecule has 1 fully saturated rings. The highest BCUT2D eigenvalue weighted by Gasteiger charge is 2.38. The summed E-state index contributed by atoms with van der Waals surface area (Å²) in [5.41, 5.74) is 0.296. The second-order valence-electron chi connectivity index (χ2n) is 10.7. The molecule has 3 rings (SSSR count). The topological polar surface area (TPSA) is 169 Å². The summed E-state index contributed by atoms with van der Waals surface area (Å²) in [5, 5.41) is 14.4. The van der Waals surface area contributed by atoms with Gasteiger partial charge in [-0.3, -0.25) is 28.8 Å². The molecule has 5 amide bonds. The first-order valence-electron chi connectivity index (χ1n) is 13.3. The van der Waals surface area contributed by atoms with Crippen molar-refractivity contribution in [3.63, 3.8) is 0 Å². The molecule has 3 N–H and O–H groups in total. The molecule has 0 spiro atoms. The Morgan fingerprint density at radius 1 is 1.02 bits per heavy atom. The molecule has 1 saturated heterocycles. The Bertz CT molecular complexity index is 1170. The summed E-state index contributed by atoms with van der Waals surface area (Å²) >= 11 is 0. The van der Waals surface area contributed by atoms with Crippen LogP contribution >= 0.6 is 0 Å². The second kappa shape index (κ2) is 13.9. The van der Waals surface area contributed by atoms with Crippen LogP contribution < -0.4 is 15.4 Å². The van der Waals surface area contributed by atoms with E-state index in [1.807, 2.05) is 0 Å². The van der Waals surface area contributed by atoms with Crippen LogP contribution in [-0.4, -0.2) is 139 Å². The third-order valence-corrected chi connectivity index (χ3v) is 6.83. The zero-order chi connectivity index (χ0) is 30.3. The number of carboxylic acid groups (broad SMARTS) is 1. The van der Waals surface area contributed by atoms with Gasteiger partial charge in [0.15, 0.2) is 0 Å². The Morgan fingerprint density at radius 2 is 1.76 bits per heavy atom. The largest absolute Gasteiger partial charge is 0.491 e. The van der Waals surface area contributed by atoms with Crippen molar-refractivity contribution < 1.29 is 38.6 Å². The first-order chi connectivity index (χ1) is 19.3. The van der Waals surface area contributed by atoms with Gasteiger partial charge in [0, 0.05) is 45.2 Å². The molecule has 3 atom stereocenters. The lowest BCUT2D eigenvalue weighted by Crippen LogP contribution is -2.55. The van der Waals surface area contributed by atoms with Gasteiger partial charge in [-0.05, 0) is 38.7 Å². The third kappa shape index (κ3) is 8.90. The molecule has 0 unspecified atom stereocenters. The number of carbonyl (C=O) groups is 6. The minimum atomic E-state index is -1.22. The number of amides is 5. The van der Waals surface area contributed by atoms with Crippen molar-refractivity contribution in [2.45, 2.75) is 37.4 Å². The van der Waals surface area contributed by atoms with Gasteiger partial charge in [-0.25, -0.2) is 0 Å². The summed E-state index contributed by atoms with van der Waals surface area (Å²) in [4.78, 5) is 81.5. The highest BCUT2D eigenvalue weighted by Crippen LogP contribution is 2.22. The molecule has 2 heterocycles. The van der Waals surface area contributed by atoms with E-state index in [9.17, 15) is 28.8 Å². The van der Waals surface area contributed by atoms with Gasteiger partial charge in [0.1, 0.15) is 18.4 Å².